The van der Waals surface area contributed by atoms with Crippen LogP contribution in [-0.4, -0.2) is 24.8 Å². The molecule has 0 heterocycles. The monoisotopic (exact) mass is 436 g/mol. The summed E-state index contributed by atoms with van der Waals surface area (Å²) in [5.41, 5.74) is 0.518. The number of halogens is 5. The van der Waals surface area contributed by atoms with Crippen LogP contribution in [0, 0.1) is 0 Å². The van der Waals surface area contributed by atoms with Gasteiger partial charge in [0.2, 0.25) is 6.10 Å². The average molecular weight is 438 g/mol. The van der Waals surface area contributed by atoms with Crippen LogP contribution in [0.3, 0.4) is 0 Å². The molecule has 2 aromatic rings. The fourth-order valence-electron chi connectivity index (χ4n) is 1.87. The molecule has 2 rings (SSSR count). The van der Waals surface area contributed by atoms with Gasteiger partial charge in [-0.15, -0.1) is 0 Å². The summed E-state index contributed by atoms with van der Waals surface area (Å²) in [4.78, 5) is 17.2. The first-order valence-electron chi connectivity index (χ1n) is 7.46. The van der Waals surface area contributed by atoms with E-state index in [9.17, 15) is 13.6 Å². The predicted molar refractivity (Wildman–Crippen MR) is 101 cm³/mol. The molecule has 0 aliphatic rings. The van der Waals surface area contributed by atoms with E-state index in [0.717, 1.165) is 6.21 Å². The van der Waals surface area contributed by atoms with Gasteiger partial charge in [0.25, 0.3) is 5.91 Å². The van der Waals surface area contributed by atoms with Crippen molar-refractivity contribution in [3.63, 3.8) is 0 Å². The molecule has 0 aliphatic carbocycles. The second-order valence-corrected chi connectivity index (χ2v) is 6.36. The number of oxime groups is 1. The largest absolute Gasteiger partial charge is 0.434 e. The third-order valence-electron chi connectivity index (χ3n) is 3.18. The molecule has 0 radical (unpaired) electrons. The van der Waals surface area contributed by atoms with Crippen LogP contribution >= 0.6 is 34.8 Å². The van der Waals surface area contributed by atoms with Crippen LogP contribution in [0.1, 0.15) is 12.5 Å². The number of benzene rings is 2. The van der Waals surface area contributed by atoms with Gasteiger partial charge in [0, 0.05) is 5.56 Å². The SMILES string of the molecule is CC(O/N=C/c1ccccc1OC(F)F)C(=O)Nc1cc(Cl)c(Cl)cc1Cl. The van der Waals surface area contributed by atoms with Crippen LogP contribution in [0.5, 0.6) is 5.75 Å². The first-order chi connectivity index (χ1) is 12.8. The molecule has 1 amide bonds. The highest BCUT2D eigenvalue weighted by atomic mass is 35.5. The number of amides is 1. The molecule has 1 N–H and O–H groups in total. The minimum absolute atomic E-state index is 0.0699. The third kappa shape index (κ3) is 6.23. The van der Waals surface area contributed by atoms with Crippen LogP contribution in [-0.2, 0) is 9.63 Å². The van der Waals surface area contributed by atoms with Gasteiger partial charge in [-0.3, -0.25) is 4.79 Å². The number of anilines is 1. The molecule has 0 fully saturated rings. The van der Waals surface area contributed by atoms with Crippen molar-refractivity contribution in [2.24, 2.45) is 5.16 Å². The van der Waals surface area contributed by atoms with Gasteiger partial charge in [-0.05, 0) is 31.2 Å². The molecule has 0 saturated carbocycles. The molecule has 0 bridgehead atoms. The van der Waals surface area contributed by atoms with Crippen molar-refractivity contribution in [1.29, 1.82) is 0 Å². The zero-order chi connectivity index (χ0) is 20.0. The summed E-state index contributed by atoms with van der Waals surface area (Å²) in [5.74, 6) is -0.621. The van der Waals surface area contributed by atoms with Gasteiger partial charge in [0.05, 0.1) is 27.0 Å². The van der Waals surface area contributed by atoms with Gasteiger partial charge in [-0.1, -0.05) is 52.1 Å². The quantitative estimate of drug-likeness (QED) is 0.347. The lowest BCUT2D eigenvalue weighted by Crippen LogP contribution is -2.26. The molecule has 0 aliphatic heterocycles. The maximum Gasteiger partial charge on any atom is 0.387 e. The molecule has 0 saturated heterocycles. The van der Waals surface area contributed by atoms with Crippen LogP contribution in [0.2, 0.25) is 15.1 Å². The predicted octanol–water partition coefficient (Wildman–Crippen LogP) is 5.63. The van der Waals surface area contributed by atoms with Gasteiger partial charge >= 0.3 is 6.61 Å². The van der Waals surface area contributed by atoms with E-state index in [1.54, 1.807) is 6.07 Å². The zero-order valence-corrected chi connectivity index (χ0v) is 16.0. The van der Waals surface area contributed by atoms with Crippen molar-refractivity contribution in [2.75, 3.05) is 5.32 Å². The van der Waals surface area contributed by atoms with Gasteiger partial charge in [-0.2, -0.15) is 8.78 Å². The number of rotatable bonds is 7. The summed E-state index contributed by atoms with van der Waals surface area (Å²) < 4.78 is 29.1. The number of hydrogen-bond acceptors (Lipinski definition) is 4. The molecule has 5 nitrogen and oxygen atoms in total. The van der Waals surface area contributed by atoms with Crippen molar-refractivity contribution in [2.45, 2.75) is 19.6 Å². The third-order valence-corrected chi connectivity index (χ3v) is 4.22. The number of nitrogens with one attached hydrogen (secondary N) is 1. The normalized spacial score (nSPS) is 12.3. The lowest BCUT2D eigenvalue weighted by molar-refractivity contribution is -0.126. The van der Waals surface area contributed by atoms with E-state index in [2.05, 4.69) is 15.2 Å². The highest BCUT2D eigenvalue weighted by Crippen LogP contribution is 2.32. The fraction of sp³-hybridized carbons (Fsp3) is 0.176. The lowest BCUT2D eigenvalue weighted by Gasteiger charge is -2.12. The average Bonchev–Trinajstić information content (AvgIpc) is 2.60. The number of carbonyl (C=O) groups excluding carboxylic acids is 1. The Labute approximate surface area is 168 Å². The number of alkyl halides is 2. The fourth-order valence-corrected chi connectivity index (χ4v) is 2.46. The summed E-state index contributed by atoms with van der Waals surface area (Å²) in [5, 5.41) is 6.83. The first-order valence-corrected chi connectivity index (χ1v) is 8.59. The molecule has 2 aromatic carbocycles. The summed E-state index contributed by atoms with van der Waals surface area (Å²) in [6.07, 6.45) is 0.156. The second kappa shape index (κ2) is 9.73. The van der Waals surface area contributed by atoms with Crippen molar-refractivity contribution in [1.82, 2.24) is 0 Å². The Morgan fingerprint density at radius 1 is 1.15 bits per heavy atom. The van der Waals surface area contributed by atoms with Crippen LogP contribution < -0.4 is 10.1 Å². The standard InChI is InChI=1S/C17H13Cl3F2N2O3/c1-9(16(25)24-14-7-12(19)11(18)6-13(14)20)27-23-8-10-4-2-3-5-15(10)26-17(21)22/h2-9,17H,1H3,(H,24,25)/b23-8+. The molecule has 1 atom stereocenters. The van der Waals surface area contributed by atoms with Gasteiger partial charge in [0.1, 0.15) is 5.75 Å². The van der Waals surface area contributed by atoms with E-state index in [0.29, 0.717) is 0 Å². The summed E-state index contributed by atoms with van der Waals surface area (Å²) in [6.45, 7) is -1.53. The van der Waals surface area contributed by atoms with Crippen LogP contribution in [0.25, 0.3) is 0 Å². The number of carbonyl (C=O) groups is 1. The Morgan fingerprint density at radius 2 is 1.81 bits per heavy atom. The number of ether oxygens (including phenoxy) is 1. The minimum atomic E-state index is -2.97. The van der Waals surface area contributed by atoms with E-state index in [-0.39, 0.29) is 32.1 Å². The van der Waals surface area contributed by atoms with Gasteiger partial charge in [-0.25, -0.2) is 0 Å². The Bertz CT molecular complexity index is 850. The molecule has 1 unspecified atom stereocenters. The maximum atomic E-state index is 12.4. The Hall–Kier alpha value is -2.09. The highest BCUT2D eigenvalue weighted by Gasteiger charge is 2.17. The molecule has 144 valence electrons. The topological polar surface area (TPSA) is 59.9 Å². The zero-order valence-electron chi connectivity index (χ0n) is 13.8. The molecule has 0 spiro atoms. The van der Waals surface area contributed by atoms with E-state index in [4.69, 9.17) is 39.6 Å². The van der Waals surface area contributed by atoms with Crippen molar-refractivity contribution < 1.29 is 23.1 Å². The van der Waals surface area contributed by atoms with E-state index in [1.807, 2.05) is 0 Å². The van der Waals surface area contributed by atoms with E-state index < -0.39 is 18.6 Å². The minimum Gasteiger partial charge on any atom is -0.434 e. The van der Waals surface area contributed by atoms with Crippen molar-refractivity contribution >= 4 is 52.6 Å². The molecular weight excluding hydrogens is 425 g/mol. The highest BCUT2D eigenvalue weighted by molar-refractivity contribution is 6.44. The van der Waals surface area contributed by atoms with Gasteiger partial charge in [0.15, 0.2) is 0 Å². The van der Waals surface area contributed by atoms with E-state index in [1.165, 1.54) is 37.3 Å². The second-order valence-electron chi connectivity index (χ2n) is 5.13. The molecular formula is C17H13Cl3F2N2O3. The Balaban J connectivity index is 1.99. The number of nitrogens with zero attached hydrogens (tertiary/aromatic N) is 1. The van der Waals surface area contributed by atoms with Crippen molar-refractivity contribution in [3.05, 3.63) is 57.0 Å². The Morgan fingerprint density at radius 3 is 2.52 bits per heavy atom. The Kier molecular flexibility index (Phi) is 7.65. The molecule has 10 heteroatoms. The summed E-state index contributed by atoms with van der Waals surface area (Å²) >= 11 is 17.7. The smallest absolute Gasteiger partial charge is 0.387 e. The van der Waals surface area contributed by atoms with E-state index >= 15 is 0 Å². The lowest BCUT2D eigenvalue weighted by atomic mass is 10.2. The first kappa shape index (κ1) is 21.2. The number of para-hydroxylation sites is 1. The molecule has 0 aromatic heterocycles. The maximum absolute atomic E-state index is 12.4. The van der Waals surface area contributed by atoms with Crippen LogP contribution in [0.15, 0.2) is 41.6 Å². The van der Waals surface area contributed by atoms with Crippen LogP contribution in [0.4, 0.5) is 14.5 Å². The number of hydrogen-bond donors (Lipinski definition) is 1. The molecule has 27 heavy (non-hydrogen) atoms. The summed E-state index contributed by atoms with van der Waals surface area (Å²) in [7, 11) is 0. The van der Waals surface area contributed by atoms with Crippen molar-refractivity contribution in [3.8, 4) is 5.75 Å². The summed E-state index contributed by atoms with van der Waals surface area (Å²) in [6, 6.07) is 8.80. The van der Waals surface area contributed by atoms with Gasteiger partial charge < -0.3 is 14.9 Å².